The monoisotopic (exact) mass is 243 g/mol. The predicted octanol–water partition coefficient (Wildman–Crippen LogP) is 1.88. The molecule has 0 bridgehead atoms. The van der Waals surface area contributed by atoms with Gasteiger partial charge in [0.25, 0.3) is 0 Å². The van der Waals surface area contributed by atoms with E-state index >= 15 is 0 Å². The van der Waals surface area contributed by atoms with Crippen LogP contribution in [0.2, 0.25) is 0 Å². The van der Waals surface area contributed by atoms with Crippen molar-refractivity contribution in [3.05, 3.63) is 47.8 Å². The van der Waals surface area contributed by atoms with Crippen LogP contribution in [0.25, 0.3) is 12.3 Å². The average Bonchev–Trinajstić information content (AvgIpc) is 2.78. The molecule has 92 valence electrons. The van der Waals surface area contributed by atoms with E-state index in [1.165, 1.54) is 11.8 Å². The molecule has 0 amide bonds. The van der Waals surface area contributed by atoms with Gasteiger partial charge in [0.05, 0.1) is 19.0 Å². The lowest BCUT2D eigenvalue weighted by Gasteiger charge is -1.94. The number of rotatable bonds is 3. The van der Waals surface area contributed by atoms with Crippen molar-refractivity contribution >= 4 is 23.9 Å². The van der Waals surface area contributed by atoms with Crippen molar-refractivity contribution in [2.75, 3.05) is 12.8 Å². The van der Waals surface area contributed by atoms with Crippen molar-refractivity contribution in [2.24, 2.45) is 0 Å². The number of esters is 1. The topological polar surface area (TPSA) is 70.1 Å². The van der Waals surface area contributed by atoms with E-state index in [0.29, 0.717) is 5.69 Å². The summed E-state index contributed by atoms with van der Waals surface area (Å²) in [5.41, 5.74) is 7.11. The zero-order valence-electron chi connectivity index (χ0n) is 9.91. The summed E-state index contributed by atoms with van der Waals surface area (Å²) in [7, 11) is 1.29. The maximum atomic E-state index is 11.3. The number of hydrogen-bond donors (Lipinski definition) is 1. The van der Waals surface area contributed by atoms with Gasteiger partial charge in [0.2, 0.25) is 0 Å². The Labute approximate surface area is 104 Å². The van der Waals surface area contributed by atoms with Gasteiger partial charge >= 0.3 is 5.97 Å². The molecule has 2 N–H and O–H groups in total. The van der Waals surface area contributed by atoms with Crippen molar-refractivity contribution in [1.29, 1.82) is 0 Å². The van der Waals surface area contributed by atoms with Gasteiger partial charge in [-0.25, -0.2) is 9.48 Å². The summed E-state index contributed by atoms with van der Waals surface area (Å²) in [5.74, 6) is -0.542. The SMILES string of the molecule is COC(=O)c1nn(C=Cc2ccccc2)cc1N. The minimum atomic E-state index is -0.542. The Morgan fingerprint density at radius 2 is 2.11 bits per heavy atom. The first-order chi connectivity index (χ1) is 8.70. The van der Waals surface area contributed by atoms with Crippen LogP contribution in [0, 0.1) is 0 Å². The normalized spacial score (nSPS) is 10.7. The van der Waals surface area contributed by atoms with Crippen LogP contribution in [0.5, 0.6) is 0 Å². The number of nitrogen functional groups attached to an aromatic ring is 1. The lowest BCUT2D eigenvalue weighted by atomic mass is 10.2. The summed E-state index contributed by atoms with van der Waals surface area (Å²) < 4.78 is 6.06. The summed E-state index contributed by atoms with van der Waals surface area (Å²) >= 11 is 0. The van der Waals surface area contributed by atoms with Crippen LogP contribution in [-0.2, 0) is 4.74 Å². The molecule has 18 heavy (non-hydrogen) atoms. The Balaban J connectivity index is 2.21. The van der Waals surface area contributed by atoms with Gasteiger partial charge in [-0.1, -0.05) is 30.3 Å². The Morgan fingerprint density at radius 1 is 1.39 bits per heavy atom. The van der Waals surface area contributed by atoms with Gasteiger partial charge in [-0.2, -0.15) is 5.10 Å². The molecule has 1 heterocycles. The first kappa shape index (κ1) is 11.9. The Hall–Kier alpha value is -2.56. The van der Waals surface area contributed by atoms with Crippen molar-refractivity contribution < 1.29 is 9.53 Å². The highest BCUT2D eigenvalue weighted by molar-refractivity contribution is 5.92. The smallest absolute Gasteiger partial charge is 0.360 e. The van der Waals surface area contributed by atoms with Crippen LogP contribution in [-0.4, -0.2) is 22.9 Å². The third-order valence-corrected chi connectivity index (χ3v) is 2.36. The number of anilines is 1. The molecule has 0 aliphatic carbocycles. The van der Waals surface area contributed by atoms with Crippen molar-refractivity contribution in [1.82, 2.24) is 9.78 Å². The molecule has 2 rings (SSSR count). The lowest BCUT2D eigenvalue weighted by Crippen LogP contribution is -2.05. The molecule has 5 heteroatoms. The molecular weight excluding hydrogens is 230 g/mol. The highest BCUT2D eigenvalue weighted by atomic mass is 16.5. The van der Waals surface area contributed by atoms with Gasteiger partial charge in [-0.3, -0.25) is 0 Å². The highest BCUT2D eigenvalue weighted by Gasteiger charge is 2.13. The van der Waals surface area contributed by atoms with E-state index in [1.54, 1.807) is 12.4 Å². The summed E-state index contributed by atoms with van der Waals surface area (Å²) in [6.45, 7) is 0. The first-order valence-corrected chi connectivity index (χ1v) is 5.37. The summed E-state index contributed by atoms with van der Waals surface area (Å²) in [6.07, 6.45) is 5.15. The van der Waals surface area contributed by atoms with Gasteiger partial charge in [-0.15, -0.1) is 0 Å². The minimum Gasteiger partial charge on any atom is -0.464 e. The van der Waals surface area contributed by atoms with E-state index in [9.17, 15) is 4.79 Å². The molecule has 1 aromatic heterocycles. The summed E-state index contributed by atoms with van der Waals surface area (Å²) in [5, 5.41) is 4.03. The lowest BCUT2D eigenvalue weighted by molar-refractivity contribution is 0.0595. The molecule has 0 fully saturated rings. The zero-order valence-corrected chi connectivity index (χ0v) is 9.91. The third-order valence-electron chi connectivity index (χ3n) is 2.36. The van der Waals surface area contributed by atoms with Crippen molar-refractivity contribution in [2.45, 2.75) is 0 Å². The van der Waals surface area contributed by atoms with Crippen LogP contribution in [0.4, 0.5) is 5.69 Å². The van der Waals surface area contributed by atoms with Crippen LogP contribution < -0.4 is 5.73 Å². The van der Waals surface area contributed by atoms with Gasteiger partial charge in [-0.05, 0) is 11.6 Å². The number of benzene rings is 1. The molecular formula is C13H13N3O2. The second-order valence-electron chi connectivity index (χ2n) is 3.63. The predicted molar refractivity (Wildman–Crippen MR) is 69.6 cm³/mol. The van der Waals surface area contributed by atoms with E-state index < -0.39 is 5.97 Å². The second kappa shape index (κ2) is 5.18. The van der Waals surface area contributed by atoms with Crippen LogP contribution >= 0.6 is 0 Å². The van der Waals surface area contributed by atoms with Gasteiger partial charge in [0.15, 0.2) is 5.69 Å². The highest BCUT2D eigenvalue weighted by Crippen LogP contribution is 2.11. The standard InChI is InChI=1S/C13H13N3O2/c1-18-13(17)12-11(14)9-16(15-12)8-7-10-5-3-2-4-6-10/h2-9H,14H2,1H3. The molecule has 1 aromatic carbocycles. The van der Waals surface area contributed by atoms with E-state index in [0.717, 1.165) is 5.56 Å². The van der Waals surface area contributed by atoms with Gasteiger partial charge < -0.3 is 10.5 Å². The molecule has 0 aliphatic rings. The number of methoxy groups -OCH3 is 1. The fourth-order valence-electron chi connectivity index (χ4n) is 1.46. The van der Waals surface area contributed by atoms with Gasteiger partial charge in [0, 0.05) is 6.20 Å². The second-order valence-corrected chi connectivity index (χ2v) is 3.63. The fourth-order valence-corrected chi connectivity index (χ4v) is 1.46. The molecule has 2 aromatic rings. The van der Waals surface area contributed by atoms with E-state index in [-0.39, 0.29) is 5.69 Å². The van der Waals surface area contributed by atoms with E-state index in [4.69, 9.17) is 5.73 Å². The fraction of sp³-hybridized carbons (Fsp3) is 0.0769. The Kier molecular flexibility index (Phi) is 3.43. The molecule has 0 saturated carbocycles. The van der Waals surface area contributed by atoms with E-state index in [1.807, 2.05) is 36.4 Å². The maximum Gasteiger partial charge on any atom is 0.360 e. The van der Waals surface area contributed by atoms with Crippen LogP contribution in [0.15, 0.2) is 36.5 Å². The molecule has 0 radical (unpaired) electrons. The Bertz CT molecular complexity index is 573. The third kappa shape index (κ3) is 2.57. The summed E-state index contributed by atoms with van der Waals surface area (Å²) in [6, 6.07) is 9.75. The number of nitrogens with zero attached hydrogens (tertiary/aromatic N) is 2. The number of aromatic nitrogens is 2. The molecule has 0 unspecified atom stereocenters. The average molecular weight is 243 g/mol. The zero-order chi connectivity index (χ0) is 13.0. The van der Waals surface area contributed by atoms with Crippen LogP contribution in [0.1, 0.15) is 16.1 Å². The summed E-state index contributed by atoms with van der Waals surface area (Å²) in [4.78, 5) is 11.3. The molecule has 0 saturated heterocycles. The van der Waals surface area contributed by atoms with Gasteiger partial charge in [0.1, 0.15) is 0 Å². The first-order valence-electron chi connectivity index (χ1n) is 5.37. The van der Waals surface area contributed by atoms with E-state index in [2.05, 4.69) is 9.84 Å². The van der Waals surface area contributed by atoms with Crippen molar-refractivity contribution in [3.8, 4) is 0 Å². The minimum absolute atomic E-state index is 0.121. The number of nitrogens with two attached hydrogens (primary N) is 1. The number of carbonyl (C=O) groups excluding carboxylic acids is 1. The maximum absolute atomic E-state index is 11.3. The molecule has 5 nitrogen and oxygen atoms in total. The largest absolute Gasteiger partial charge is 0.464 e. The van der Waals surface area contributed by atoms with Crippen molar-refractivity contribution in [3.63, 3.8) is 0 Å². The quantitative estimate of drug-likeness (QED) is 0.835. The number of ether oxygens (including phenoxy) is 1. The number of carbonyl (C=O) groups is 1. The molecule has 0 spiro atoms. The van der Waals surface area contributed by atoms with Crippen LogP contribution in [0.3, 0.4) is 0 Å². The molecule has 0 atom stereocenters. The Morgan fingerprint density at radius 3 is 2.78 bits per heavy atom. The number of hydrogen-bond acceptors (Lipinski definition) is 4. The molecule has 0 aliphatic heterocycles.